The topological polar surface area (TPSA) is 41.1 Å². The van der Waals surface area contributed by atoms with Crippen molar-refractivity contribution in [3.05, 3.63) is 23.8 Å². The van der Waals surface area contributed by atoms with Crippen LogP contribution in [-0.2, 0) is 6.54 Å². The van der Waals surface area contributed by atoms with Crippen LogP contribution in [0, 0.1) is 18.8 Å². The minimum atomic E-state index is 0.281. The second kappa shape index (κ2) is 5.65. The smallest absolute Gasteiger partial charge is 0.0727 e. The molecule has 1 aliphatic carbocycles. The molecule has 0 amide bonds. The first-order valence-electron chi connectivity index (χ1n) is 8.24. The number of piperazine rings is 1. The maximum atomic E-state index is 4.55. The Morgan fingerprint density at radius 3 is 2.67 bits per heavy atom. The SMILES string of the molecule is Cc1cnc(CN2CC(C)(C3CC3)NCC2C(C)C)cn1. The molecule has 1 aromatic heterocycles. The van der Waals surface area contributed by atoms with Crippen molar-refractivity contribution >= 4 is 0 Å². The number of hydrogen-bond donors (Lipinski definition) is 1. The first kappa shape index (κ1) is 14.9. The van der Waals surface area contributed by atoms with E-state index < -0.39 is 0 Å². The van der Waals surface area contributed by atoms with Gasteiger partial charge in [-0.2, -0.15) is 0 Å². The molecule has 1 saturated heterocycles. The first-order chi connectivity index (χ1) is 9.98. The molecule has 2 unspecified atom stereocenters. The highest BCUT2D eigenvalue weighted by Gasteiger charge is 2.46. The molecular formula is C17H28N4. The molecular weight excluding hydrogens is 260 g/mol. The van der Waals surface area contributed by atoms with Gasteiger partial charge in [-0.25, -0.2) is 0 Å². The second-order valence-corrected chi connectivity index (χ2v) is 7.44. The molecule has 4 nitrogen and oxygen atoms in total. The van der Waals surface area contributed by atoms with Crippen molar-refractivity contribution in [3.8, 4) is 0 Å². The third-order valence-electron chi connectivity index (χ3n) is 5.16. The molecule has 1 N–H and O–H groups in total. The van der Waals surface area contributed by atoms with Gasteiger partial charge in [0.05, 0.1) is 11.4 Å². The highest BCUT2D eigenvalue weighted by Crippen LogP contribution is 2.42. The molecule has 1 aromatic rings. The minimum absolute atomic E-state index is 0.281. The van der Waals surface area contributed by atoms with E-state index in [1.807, 2.05) is 19.3 Å². The molecule has 0 spiro atoms. The summed E-state index contributed by atoms with van der Waals surface area (Å²) in [5, 5.41) is 3.84. The van der Waals surface area contributed by atoms with E-state index in [1.165, 1.54) is 12.8 Å². The normalized spacial score (nSPS) is 30.8. The van der Waals surface area contributed by atoms with Crippen molar-refractivity contribution in [2.24, 2.45) is 11.8 Å². The van der Waals surface area contributed by atoms with Gasteiger partial charge in [-0.05, 0) is 38.5 Å². The van der Waals surface area contributed by atoms with Gasteiger partial charge < -0.3 is 5.32 Å². The summed E-state index contributed by atoms with van der Waals surface area (Å²) in [7, 11) is 0. The lowest BCUT2D eigenvalue weighted by molar-refractivity contribution is 0.0452. The number of nitrogens with one attached hydrogen (secondary N) is 1. The van der Waals surface area contributed by atoms with E-state index in [-0.39, 0.29) is 5.54 Å². The van der Waals surface area contributed by atoms with Crippen LogP contribution in [0.1, 0.15) is 45.0 Å². The number of aryl methyl sites for hydroxylation is 1. The fourth-order valence-electron chi connectivity index (χ4n) is 3.60. The summed E-state index contributed by atoms with van der Waals surface area (Å²) in [4.78, 5) is 11.6. The van der Waals surface area contributed by atoms with Gasteiger partial charge in [0.15, 0.2) is 0 Å². The van der Waals surface area contributed by atoms with Crippen LogP contribution in [0.2, 0.25) is 0 Å². The fraction of sp³-hybridized carbons (Fsp3) is 0.765. The van der Waals surface area contributed by atoms with E-state index in [0.717, 1.165) is 36.9 Å². The molecule has 3 rings (SSSR count). The zero-order chi connectivity index (χ0) is 15.0. The van der Waals surface area contributed by atoms with Crippen LogP contribution >= 0.6 is 0 Å². The van der Waals surface area contributed by atoms with Crippen LogP contribution < -0.4 is 5.32 Å². The fourth-order valence-corrected chi connectivity index (χ4v) is 3.60. The highest BCUT2D eigenvalue weighted by atomic mass is 15.3. The Kier molecular flexibility index (Phi) is 4.02. The summed E-state index contributed by atoms with van der Waals surface area (Å²) in [6.07, 6.45) is 6.58. The quantitative estimate of drug-likeness (QED) is 0.923. The minimum Gasteiger partial charge on any atom is -0.308 e. The lowest BCUT2D eigenvalue weighted by atomic mass is 9.88. The largest absolute Gasteiger partial charge is 0.308 e. The predicted octanol–water partition coefficient (Wildman–Crippen LogP) is 2.38. The van der Waals surface area contributed by atoms with Crippen LogP contribution in [0.4, 0.5) is 0 Å². The monoisotopic (exact) mass is 288 g/mol. The highest BCUT2D eigenvalue weighted by molar-refractivity contribution is 5.07. The molecule has 2 fully saturated rings. The molecule has 1 aliphatic heterocycles. The van der Waals surface area contributed by atoms with Crippen molar-refractivity contribution < 1.29 is 0 Å². The van der Waals surface area contributed by atoms with Crippen molar-refractivity contribution in [3.63, 3.8) is 0 Å². The average molecular weight is 288 g/mol. The summed E-state index contributed by atoms with van der Waals surface area (Å²) in [5.74, 6) is 1.51. The van der Waals surface area contributed by atoms with Gasteiger partial charge >= 0.3 is 0 Å². The van der Waals surface area contributed by atoms with E-state index in [0.29, 0.717) is 12.0 Å². The molecule has 0 radical (unpaired) electrons. The van der Waals surface area contributed by atoms with Gasteiger partial charge in [0.2, 0.25) is 0 Å². The summed E-state index contributed by atoms with van der Waals surface area (Å²) in [5.41, 5.74) is 2.36. The van der Waals surface area contributed by atoms with Gasteiger partial charge in [-0.15, -0.1) is 0 Å². The molecule has 2 heterocycles. The van der Waals surface area contributed by atoms with Crippen molar-refractivity contribution in [2.45, 2.75) is 58.7 Å². The van der Waals surface area contributed by atoms with E-state index in [9.17, 15) is 0 Å². The van der Waals surface area contributed by atoms with Gasteiger partial charge in [0, 0.05) is 43.6 Å². The molecule has 2 atom stereocenters. The van der Waals surface area contributed by atoms with Gasteiger partial charge in [0.25, 0.3) is 0 Å². The van der Waals surface area contributed by atoms with Crippen molar-refractivity contribution in [1.29, 1.82) is 0 Å². The van der Waals surface area contributed by atoms with Crippen LogP contribution in [0.25, 0.3) is 0 Å². The van der Waals surface area contributed by atoms with E-state index >= 15 is 0 Å². The summed E-state index contributed by atoms with van der Waals surface area (Å²) < 4.78 is 0. The second-order valence-electron chi connectivity index (χ2n) is 7.44. The van der Waals surface area contributed by atoms with Crippen LogP contribution in [-0.4, -0.2) is 39.5 Å². The van der Waals surface area contributed by atoms with Gasteiger partial charge in [-0.1, -0.05) is 13.8 Å². The molecule has 0 aromatic carbocycles. The van der Waals surface area contributed by atoms with Crippen molar-refractivity contribution in [2.75, 3.05) is 13.1 Å². The average Bonchev–Trinajstić information content (AvgIpc) is 3.26. The summed E-state index contributed by atoms with van der Waals surface area (Å²) in [6.45, 7) is 12.2. The van der Waals surface area contributed by atoms with Gasteiger partial charge in [0.1, 0.15) is 0 Å². The number of rotatable bonds is 4. The number of nitrogens with zero attached hydrogens (tertiary/aromatic N) is 3. The first-order valence-corrected chi connectivity index (χ1v) is 8.24. The van der Waals surface area contributed by atoms with E-state index in [2.05, 4.69) is 41.0 Å². The molecule has 2 aliphatic rings. The van der Waals surface area contributed by atoms with E-state index in [1.54, 1.807) is 0 Å². The maximum Gasteiger partial charge on any atom is 0.0727 e. The number of hydrogen-bond acceptors (Lipinski definition) is 4. The van der Waals surface area contributed by atoms with E-state index in [4.69, 9.17) is 0 Å². The van der Waals surface area contributed by atoms with Crippen LogP contribution in [0.3, 0.4) is 0 Å². The zero-order valence-electron chi connectivity index (χ0n) is 13.8. The lowest BCUT2D eigenvalue weighted by Gasteiger charge is -2.48. The Bertz CT molecular complexity index is 480. The van der Waals surface area contributed by atoms with Crippen molar-refractivity contribution in [1.82, 2.24) is 20.2 Å². The predicted molar refractivity (Wildman–Crippen MR) is 84.9 cm³/mol. The molecule has 21 heavy (non-hydrogen) atoms. The standard InChI is InChI=1S/C17H28N4/c1-12(2)16-9-20-17(4,14-5-6-14)11-21(16)10-15-8-18-13(3)7-19-15/h7-8,12,14,16,20H,5-6,9-11H2,1-4H3. The Balaban J connectivity index is 1.75. The Hall–Kier alpha value is -1.00. The molecule has 116 valence electrons. The Labute approximate surface area is 128 Å². The zero-order valence-corrected chi connectivity index (χ0v) is 13.8. The Morgan fingerprint density at radius 1 is 1.33 bits per heavy atom. The molecule has 0 bridgehead atoms. The molecule has 4 heteroatoms. The van der Waals surface area contributed by atoms with Crippen LogP contribution in [0.15, 0.2) is 12.4 Å². The van der Waals surface area contributed by atoms with Gasteiger partial charge in [-0.3, -0.25) is 14.9 Å². The number of aromatic nitrogens is 2. The maximum absolute atomic E-state index is 4.55. The lowest BCUT2D eigenvalue weighted by Crippen LogP contribution is -2.64. The summed E-state index contributed by atoms with van der Waals surface area (Å²) in [6, 6.07) is 0.583. The third-order valence-corrected chi connectivity index (χ3v) is 5.16. The molecule has 1 saturated carbocycles. The third kappa shape index (κ3) is 3.27. The Morgan fingerprint density at radius 2 is 2.10 bits per heavy atom. The van der Waals surface area contributed by atoms with Crippen LogP contribution in [0.5, 0.6) is 0 Å². The summed E-state index contributed by atoms with van der Waals surface area (Å²) >= 11 is 0.